The van der Waals surface area contributed by atoms with Gasteiger partial charge in [-0.3, -0.25) is 4.98 Å². The molecular formula is C33H39NO. The Morgan fingerprint density at radius 1 is 0.886 bits per heavy atom. The van der Waals surface area contributed by atoms with Gasteiger partial charge in [0, 0.05) is 23.9 Å². The van der Waals surface area contributed by atoms with Gasteiger partial charge >= 0.3 is 0 Å². The standard InChI is InChI=1S/C33H39NO/c1-22-12-13-24-25-10-9-11-26(29(25)35-28(24)18-22)27-19-23(14-17-34-27)30-31(2,3)20-33(21-32(30,4)5)15-7-6-8-16-33/h9-14,17-19,30H,6-8,15-16,20-21H2,1-5H3/i30D. The van der Waals surface area contributed by atoms with Crippen LogP contribution in [0.1, 0.15) is 91.0 Å². The maximum Gasteiger partial charge on any atom is 0.144 e. The number of para-hydroxylation sites is 1. The third kappa shape index (κ3) is 3.81. The third-order valence-electron chi connectivity index (χ3n) is 8.88. The Morgan fingerprint density at radius 3 is 2.37 bits per heavy atom. The normalized spacial score (nSPS) is 22.9. The zero-order valence-electron chi connectivity index (χ0n) is 23.0. The minimum Gasteiger partial charge on any atom is -0.455 e. The van der Waals surface area contributed by atoms with Crippen molar-refractivity contribution in [2.24, 2.45) is 16.2 Å². The summed E-state index contributed by atoms with van der Waals surface area (Å²) in [4.78, 5) is 4.81. The fraction of sp³-hybridized carbons (Fsp3) is 0.485. The predicted octanol–water partition coefficient (Wildman–Crippen LogP) is 9.84. The van der Waals surface area contributed by atoms with Crippen molar-refractivity contribution in [2.45, 2.75) is 85.5 Å². The zero-order valence-corrected chi connectivity index (χ0v) is 22.0. The zero-order chi connectivity index (χ0) is 25.3. The van der Waals surface area contributed by atoms with E-state index in [1.54, 1.807) is 0 Å². The average molecular weight is 467 g/mol. The van der Waals surface area contributed by atoms with E-state index in [-0.39, 0.29) is 10.8 Å². The molecule has 0 radical (unpaired) electrons. The molecule has 6 rings (SSSR count). The molecule has 1 spiro atoms. The van der Waals surface area contributed by atoms with Gasteiger partial charge in [-0.1, -0.05) is 71.2 Å². The van der Waals surface area contributed by atoms with E-state index in [0.29, 0.717) is 5.41 Å². The number of aryl methyl sites for hydroxylation is 1. The van der Waals surface area contributed by atoms with Crippen molar-refractivity contribution in [3.8, 4) is 11.3 Å². The number of benzene rings is 2. The van der Waals surface area contributed by atoms with Crippen LogP contribution < -0.4 is 0 Å². The van der Waals surface area contributed by atoms with Crippen molar-refractivity contribution >= 4 is 21.9 Å². The predicted molar refractivity (Wildman–Crippen MR) is 147 cm³/mol. The van der Waals surface area contributed by atoms with Gasteiger partial charge in [0.15, 0.2) is 0 Å². The van der Waals surface area contributed by atoms with Crippen LogP contribution >= 0.6 is 0 Å². The highest BCUT2D eigenvalue weighted by Gasteiger charge is 2.53. The minimum absolute atomic E-state index is 0.145. The maximum atomic E-state index is 10.2. The van der Waals surface area contributed by atoms with E-state index in [0.717, 1.165) is 51.6 Å². The van der Waals surface area contributed by atoms with Crippen LogP contribution in [0.2, 0.25) is 0 Å². The van der Waals surface area contributed by atoms with Crippen LogP contribution in [-0.4, -0.2) is 4.98 Å². The lowest BCUT2D eigenvalue weighted by Crippen LogP contribution is -2.48. The molecule has 35 heavy (non-hydrogen) atoms. The van der Waals surface area contributed by atoms with E-state index >= 15 is 0 Å². The Morgan fingerprint density at radius 2 is 1.63 bits per heavy atom. The summed E-state index contributed by atoms with van der Waals surface area (Å²) in [5, 5.41) is 2.26. The Bertz CT molecular complexity index is 1430. The number of fused-ring (bicyclic) bond motifs is 3. The van der Waals surface area contributed by atoms with E-state index in [9.17, 15) is 1.37 Å². The van der Waals surface area contributed by atoms with Crippen molar-refractivity contribution in [1.29, 1.82) is 0 Å². The van der Waals surface area contributed by atoms with E-state index in [1.807, 2.05) is 6.20 Å². The molecule has 2 aromatic carbocycles. The van der Waals surface area contributed by atoms with Crippen LogP contribution in [0.5, 0.6) is 0 Å². The molecule has 2 saturated carbocycles. The number of nitrogens with zero attached hydrogens (tertiary/aromatic N) is 1. The quantitative estimate of drug-likeness (QED) is 0.294. The first-order valence-corrected chi connectivity index (χ1v) is 13.4. The molecule has 0 saturated heterocycles. The first-order valence-electron chi connectivity index (χ1n) is 13.9. The molecule has 2 heterocycles. The Labute approximate surface area is 211 Å². The third-order valence-corrected chi connectivity index (χ3v) is 8.88. The first kappa shape index (κ1) is 21.7. The molecule has 2 heteroatoms. The Hall–Kier alpha value is -2.61. The lowest BCUT2D eigenvalue weighted by Gasteiger charge is -2.59. The summed E-state index contributed by atoms with van der Waals surface area (Å²) >= 11 is 0. The number of hydrogen-bond acceptors (Lipinski definition) is 2. The van der Waals surface area contributed by atoms with Crippen LogP contribution in [0.4, 0.5) is 0 Å². The van der Waals surface area contributed by atoms with E-state index in [2.05, 4.69) is 83.1 Å². The van der Waals surface area contributed by atoms with Gasteiger partial charge in [0.1, 0.15) is 11.2 Å². The van der Waals surface area contributed by atoms with Gasteiger partial charge < -0.3 is 4.42 Å². The van der Waals surface area contributed by atoms with Gasteiger partial charge in [-0.2, -0.15) is 0 Å². The van der Waals surface area contributed by atoms with Crippen LogP contribution in [-0.2, 0) is 0 Å². The molecule has 182 valence electrons. The number of pyridine rings is 1. The second-order valence-electron chi connectivity index (χ2n) is 12.8. The van der Waals surface area contributed by atoms with Gasteiger partial charge in [0.05, 0.1) is 5.69 Å². The molecule has 2 aliphatic carbocycles. The summed E-state index contributed by atoms with van der Waals surface area (Å²) in [7, 11) is 0. The monoisotopic (exact) mass is 466 g/mol. The molecule has 4 aromatic rings. The largest absolute Gasteiger partial charge is 0.455 e. The molecule has 0 aliphatic heterocycles. The smallest absolute Gasteiger partial charge is 0.144 e. The maximum absolute atomic E-state index is 10.2. The fourth-order valence-corrected chi connectivity index (χ4v) is 8.31. The van der Waals surface area contributed by atoms with Crippen molar-refractivity contribution < 1.29 is 5.79 Å². The summed E-state index contributed by atoms with van der Waals surface area (Å²) in [6.45, 7) is 11.5. The second kappa shape index (κ2) is 7.95. The summed E-state index contributed by atoms with van der Waals surface area (Å²) in [6.07, 6.45) is 10.9. The molecule has 2 aromatic heterocycles. The van der Waals surface area contributed by atoms with Gasteiger partial charge in [0.25, 0.3) is 0 Å². The second-order valence-corrected chi connectivity index (χ2v) is 12.8. The SMILES string of the molecule is [2H]C1(c2ccnc(-c3cccc4c3oc3cc(C)ccc34)c2)C(C)(C)CC2(CCCCC2)CC1(C)C. The average Bonchev–Trinajstić information content (AvgIpc) is 3.20. The minimum atomic E-state index is -0.709. The molecule has 2 nitrogen and oxygen atoms in total. The summed E-state index contributed by atoms with van der Waals surface area (Å²) in [5.41, 5.74) is 6.06. The topological polar surface area (TPSA) is 26.0 Å². The molecular weight excluding hydrogens is 426 g/mol. The van der Waals surface area contributed by atoms with Gasteiger partial charge in [-0.05, 0) is 90.1 Å². The highest BCUT2D eigenvalue weighted by Crippen LogP contribution is 2.65. The number of furan rings is 1. The molecule has 2 aliphatic rings. The van der Waals surface area contributed by atoms with Crippen LogP contribution in [0, 0.1) is 23.2 Å². The lowest BCUT2D eigenvalue weighted by atomic mass is 9.46. The van der Waals surface area contributed by atoms with Crippen LogP contribution in [0.15, 0.2) is 59.1 Å². The molecule has 0 bridgehead atoms. The van der Waals surface area contributed by atoms with Crippen LogP contribution in [0.3, 0.4) is 0 Å². The van der Waals surface area contributed by atoms with Crippen molar-refractivity contribution in [1.82, 2.24) is 4.98 Å². The molecule has 0 amide bonds. The highest BCUT2D eigenvalue weighted by molar-refractivity contribution is 6.09. The highest BCUT2D eigenvalue weighted by atomic mass is 16.3. The van der Waals surface area contributed by atoms with Crippen LogP contribution in [0.25, 0.3) is 33.2 Å². The summed E-state index contributed by atoms with van der Waals surface area (Å²) < 4.78 is 16.6. The van der Waals surface area contributed by atoms with Crippen molar-refractivity contribution in [2.75, 3.05) is 0 Å². The van der Waals surface area contributed by atoms with Gasteiger partial charge in [0.2, 0.25) is 0 Å². The molecule has 0 atom stereocenters. The first-order chi connectivity index (χ1) is 17.1. The molecule has 2 fully saturated rings. The van der Waals surface area contributed by atoms with Gasteiger partial charge in [-0.15, -0.1) is 0 Å². The molecule has 0 unspecified atom stereocenters. The number of aromatic nitrogens is 1. The fourth-order valence-electron chi connectivity index (χ4n) is 8.31. The Balaban J connectivity index is 1.47. The summed E-state index contributed by atoms with van der Waals surface area (Å²) in [6, 6.07) is 17.0. The van der Waals surface area contributed by atoms with E-state index in [1.165, 1.54) is 37.7 Å². The van der Waals surface area contributed by atoms with E-state index < -0.39 is 5.89 Å². The Kier molecular flexibility index (Phi) is 4.92. The molecule has 0 N–H and O–H groups in total. The number of rotatable bonds is 2. The van der Waals surface area contributed by atoms with Gasteiger partial charge in [-0.25, -0.2) is 0 Å². The van der Waals surface area contributed by atoms with Crippen molar-refractivity contribution in [3.63, 3.8) is 0 Å². The number of hydrogen-bond donors (Lipinski definition) is 0. The van der Waals surface area contributed by atoms with E-state index in [4.69, 9.17) is 9.40 Å². The lowest BCUT2D eigenvalue weighted by molar-refractivity contribution is -0.0478. The summed E-state index contributed by atoms with van der Waals surface area (Å²) in [5.74, 6) is -0.709. The van der Waals surface area contributed by atoms with Crippen molar-refractivity contribution in [3.05, 3.63) is 65.9 Å².